The van der Waals surface area contributed by atoms with Gasteiger partial charge in [-0.05, 0) is 56.0 Å². The summed E-state index contributed by atoms with van der Waals surface area (Å²) in [5, 5.41) is 3.24. The van der Waals surface area contributed by atoms with Crippen LogP contribution in [0.5, 0.6) is 5.75 Å². The fourth-order valence-corrected chi connectivity index (χ4v) is 3.37. The number of piperidine rings is 1. The summed E-state index contributed by atoms with van der Waals surface area (Å²) < 4.78 is 5.22. The Morgan fingerprint density at radius 2 is 1.89 bits per heavy atom. The lowest BCUT2D eigenvalue weighted by molar-refractivity contribution is 0.180. The number of nitrogens with one attached hydrogen (secondary N) is 1. The molecule has 1 aromatic rings. The Bertz CT molecular complexity index is 527. The van der Waals surface area contributed by atoms with Gasteiger partial charge in [0.15, 0.2) is 5.96 Å². The minimum absolute atomic E-state index is 0. The molecule has 5 nitrogen and oxygen atoms in total. The molecule has 1 heterocycles. The number of hydrogen-bond acceptors (Lipinski definition) is 3. The third-order valence-corrected chi connectivity index (χ3v) is 5.13. The topological polar surface area (TPSA) is 62.9 Å². The van der Waals surface area contributed by atoms with Gasteiger partial charge in [0.25, 0.3) is 0 Å². The van der Waals surface area contributed by atoms with E-state index in [-0.39, 0.29) is 24.0 Å². The van der Waals surface area contributed by atoms with Crippen molar-refractivity contribution in [3.05, 3.63) is 29.8 Å². The van der Waals surface area contributed by atoms with Crippen molar-refractivity contribution < 1.29 is 4.74 Å². The predicted molar refractivity (Wildman–Crippen MR) is 125 cm³/mol. The molecule has 0 aromatic heterocycles. The molecule has 1 aliphatic heterocycles. The van der Waals surface area contributed by atoms with E-state index in [1.54, 1.807) is 7.11 Å². The second kappa shape index (κ2) is 14.0. The Morgan fingerprint density at radius 1 is 1.19 bits per heavy atom. The second-order valence-electron chi connectivity index (χ2n) is 7.28. The molecule has 0 atom stereocenters. The van der Waals surface area contributed by atoms with Gasteiger partial charge in [-0.1, -0.05) is 38.3 Å². The van der Waals surface area contributed by atoms with Crippen molar-refractivity contribution in [3.8, 4) is 5.75 Å². The zero-order chi connectivity index (χ0) is 18.6. The zero-order valence-electron chi connectivity index (χ0n) is 17.0. The molecule has 27 heavy (non-hydrogen) atoms. The van der Waals surface area contributed by atoms with Crippen molar-refractivity contribution in [2.24, 2.45) is 16.6 Å². The molecule has 1 fully saturated rings. The number of unbranched alkanes of at least 4 members (excludes halogenated alkanes) is 3. The summed E-state index contributed by atoms with van der Waals surface area (Å²) >= 11 is 0. The number of likely N-dealkylation sites (tertiary alicyclic amines) is 1. The zero-order valence-corrected chi connectivity index (χ0v) is 19.3. The van der Waals surface area contributed by atoms with E-state index in [1.807, 2.05) is 12.1 Å². The molecule has 3 N–H and O–H groups in total. The van der Waals surface area contributed by atoms with Gasteiger partial charge >= 0.3 is 0 Å². The predicted octanol–water partition coefficient (Wildman–Crippen LogP) is 4.01. The average Bonchev–Trinajstić information content (AvgIpc) is 2.68. The van der Waals surface area contributed by atoms with Crippen LogP contribution in [0.3, 0.4) is 0 Å². The number of halogens is 1. The highest BCUT2D eigenvalue weighted by molar-refractivity contribution is 14.0. The highest BCUT2D eigenvalue weighted by atomic mass is 127. The fourth-order valence-electron chi connectivity index (χ4n) is 3.37. The first-order chi connectivity index (χ1) is 12.7. The van der Waals surface area contributed by atoms with Crippen LogP contribution in [0.4, 0.5) is 0 Å². The number of benzene rings is 1. The Labute approximate surface area is 182 Å². The van der Waals surface area contributed by atoms with Crippen LogP contribution in [0.15, 0.2) is 29.3 Å². The fraction of sp³-hybridized carbons (Fsp3) is 0.667. The van der Waals surface area contributed by atoms with Crippen molar-refractivity contribution in [3.63, 3.8) is 0 Å². The van der Waals surface area contributed by atoms with E-state index in [1.165, 1.54) is 44.1 Å². The van der Waals surface area contributed by atoms with Gasteiger partial charge < -0.3 is 15.8 Å². The SMILES string of the molecule is CCCCCCNC(N)=NCC1CCN(Cc2ccc(OC)cc2)CC1.I. The molecule has 2 rings (SSSR count). The molecule has 0 bridgehead atoms. The van der Waals surface area contributed by atoms with Crippen molar-refractivity contribution in [1.29, 1.82) is 0 Å². The molecule has 1 aromatic carbocycles. The van der Waals surface area contributed by atoms with E-state index in [9.17, 15) is 0 Å². The first-order valence-corrected chi connectivity index (χ1v) is 10.1. The lowest BCUT2D eigenvalue weighted by Crippen LogP contribution is -2.36. The molecule has 0 radical (unpaired) electrons. The van der Waals surface area contributed by atoms with Gasteiger partial charge in [0.1, 0.15) is 5.75 Å². The van der Waals surface area contributed by atoms with Crippen molar-refractivity contribution >= 4 is 29.9 Å². The molecular formula is C21H37IN4O. The van der Waals surface area contributed by atoms with Crippen LogP contribution in [0.25, 0.3) is 0 Å². The molecule has 0 amide bonds. The molecule has 0 saturated carbocycles. The van der Waals surface area contributed by atoms with Crippen LogP contribution < -0.4 is 15.8 Å². The van der Waals surface area contributed by atoms with E-state index in [2.05, 4.69) is 34.3 Å². The number of aliphatic imine (C=N–C) groups is 1. The van der Waals surface area contributed by atoms with Gasteiger partial charge in [-0.2, -0.15) is 0 Å². The number of methoxy groups -OCH3 is 1. The second-order valence-corrected chi connectivity index (χ2v) is 7.28. The molecule has 0 unspecified atom stereocenters. The molecule has 6 heteroatoms. The highest BCUT2D eigenvalue weighted by Crippen LogP contribution is 2.20. The smallest absolute Gasteiger partial charge is 0.188 e. The van der Waals surface area contributed by atoms with Crippen LogP contribution in [0.1, 0.15) is 51.0 Å². The molecule has 0 spiro atoms. The quantitative estimate of drug-likeness (QED) is 0.226. The van der Waals surface area contributed by atoms with E-state index in [0.717, 1.165) is 38.5 Å². The third-order valence-electron chi connectivity index (χ3n) is 5.13. The number of nitrogens with two attached hydrogens (primary N) is 1. The third kappa shape index (κ3) is 9.65. The molecular weight excluding hydrogens is 451 g/mol. The van der Waals surface area contributed by atoms with Gasteiger partial charge in [0.2, 0.25) is 0 Å². The van der Waals surface area contributed by atoms with Crippen molar-refractivity contribution in [2.45, 2.75) is 52.0 Å². The molecule has 1 aliphatic rings. The van der Waals surface area contributed by atoms with Gasteiger partial charge in [0, 0.05) is 19.6 Å². The van der Waals surface area contributed by atoms with Gasteiger partial charge in [-0.3, -0.25) is 9.89 Å². The van der Waals surface area contributed by atoms with Crippen LogP contribution in [0.2, 0.25) is 0 Å². The Morgan fingerprint density at radius 3 is 2.52 bits per heavy atom. The molecule has 154 valence electrons. The summed E-state index contributed by atoms with van der Waals surface area (Å²) in [6.07, 6.45) is 7.40. The maximum Gasteiger partial charge on any atom is 0.188 e. The van der Waals surface area contributed by atoms with Gasteiger partial charge in [-0.15, -0.1) is 24.0 Å². The van der Waals surface area contributed by atoms with Crippen LogP contribution in [-0.2, 0) is 6.54 Å². The minimum Gasteiger partial charge on any atom is -0.497 e. The largest absolute Gasteiger partial charge is 0.497 e. The number of rotatable bonds is 10. The molecule has 1 saturated heterocycles. The maximum atomic E-state index is 5.98. The Hall–Kier alpha value is -1.02. The van der Waals surface area contributed by atoms with Crippen LogP contribution in [0, 0.1) is 5.92 Å². The standard InChI is InChI=1S/C21H36N4O.HI/c1-3-4-5-6-13-23-21(22)24-16-18-11-14-25(15-12-18)17-19-7-9-20(26-2)10-8-19;/h7-10,18H,3-6,11-17H2,1-2H3,(H3,22,23,24);1H. The number of ether oxygens (including phenoxy) is 1. The summed E-state index contributed by atoms with van der Waals surface area (Å²) in [5.74, 6) is 2.19. The monoisotopic (exact) mass is 488 g/mol. The number of nitrogens with zero attached hydrogens (tertiary/aromatic N) is 2. The van der Waals surface area contributed by atoms with Crippen molar-refractivity contribution in [2.75, 3.05) is 33.3 Å². The van der Waals surface area contributed by atoms with E-state index < -0.39 is 0 Å². The summed E-state index contributed by atoms with van der Waals surface area (Å²) in [7, 11) is 1.71. The first-order valence-electron chi connectivity index (χ1n) is 10.1. The number of hydrogen-bond donors (Lipinski definition) is 2. The van der Waals surface area contributed by atoms with E-state index in [4.69, 9.17) is 10.5 Å². The lowest BCUT2D eigenvalue weighted by Gasteiger charge is -2.31. The van der Waals surface area contributed by atoms with Crippen LogP contribution in [-0.4, -0.2) is 44.1 Å². The van der Waals surface area contributed by atoms with E-state index >= 15 is 0 Å². The Kier molecular flexibility index (Phi) is 12.5. The van der Waals surface area contributed by atoms with Crippen LogP contribution >= 0.6 is 24.0 Å². The van der Waals surface area contributed by atoms with Crippen molar-refractivity contribution in [1.82, 2.24) is 10.2 Å². The van der Waals surface area contributed by atoms with Gasteiger partial charge in [0.05, 0.1) is 7.11 Å². The summed E-state index contributed by atoms with van der Waals surface area (Å²) in [4.78, 5) is 7.07. The minimum atomic E-state index is 0. The number of guanidine groups is 1. The lowest BCUT2D eigenvalue weighted by atomic mass is 9.96. The normalized spacial score (nSPS) is 16.0. The Balaban J connectivity index is 0.00000364. The summed E-state index contributed by atoms with van der Waals surface area (Å²) in [6, 6.07) is 8.38. The first kappa shape index (κ1) is 24.0. The highest BCUT2D eigenvalue weighted by Gasteiger charge is 2.19. The van der Waals surface area contributed by atoms with E-state index in [0.29, 0.717) is 11.9 Å². The molecule has 0 aliphatic carbocycles. The summed E-state index contributed by atoms with van der Waals surface area (Å²) in [5.41, 5.74) is 7.32. The van der Waals surface area contributed by atoms with Gasteiger partial charge in [-0.25, -0.2) is 0 Å². The average molecular weight is 488 g/mol. The summed E-state index contributed by atoms with van der Waals surface area (Å²) in [6.45, 7) is 7.31. The maximum absolute atomic E-state index is 5.98.